The highest BCUT2D eigenvalue weighted by Crippen LogP contribution is 2.38. The minimum absolute atomic E-state index is 0.265. The maximum absolute atomic E-state index is 13.1. The summed E-state index contributed by atoms with van der Waals surface area (Å²) in [4.78, 5) is 13.0. The molecule has 0 aromatic heterocycles. The molecule has 164 valence electrons. The zero-order valence-corrected chi connectivity index (χ0v) is 18.9. The minimum atomic E-state index is -5.31. The van der Waals surface area contributed by atoms with E-state index < -0.39 is 65.8 Å². The molecule has 2 aromatic rings. The molecular formula is C18H6B8F3NO5S. The Morgan fingerprint density at radius 1 is 0.889 bits per heavy atom. The molecule has 36 heavy (non-hydrogen) atoms. The molecule has 0 amide bonds. The Morgan fingerprint density at radius 3 is 1.78 bits per heavy atom. The summed E-state index contributed by atoms with van der Waals surface area (Å²) in [6.45, 7) is 0. The molecule has 0 aliphatic carbocycles. The summed E-state index contributed by atoms with van der Waals surface area (Å²) in [6.07, 6.45) is -4.68. The Kier molecular flexibility index (Phi) is 6.88. The highest BCUT2D eigenvalue weighted by atomic mass is 32.2. The van der Waals surface area contributed by atoms with E-state index in [1.807, 2.05) is 0 Å². The molecule has 16 radical (unpaired) electrons. The second kappa shape index (κ2) is 8.82. The van der Waals surface area contributed by atoms with Crippen molar-refractivity contribution in [3.63, 3.8) is 0 Å². The Morgan fingerprint density at radius 2 is 1.33 bits per heavy atom. The van der Waals surface area contributed by atoms with Gasteiger partial charge in [0.1, 0.15) is 47.1 Å². The van der Waals surface area contributed by atoms with E-state index in [1.54, 1.807) is 0 Å². The monoisotopic (exact) mass is 493 g/mol. The number of ketones is 1. The molecule has 0 spiro atoms. The smallest absolute Gasteiger partial charge is 0.416 e. The molecule has 0 saturated heterocycles. The Labute approximate surface area is 215 Å². The number of hydrogen-bond donors (Lipinski definition) is 1. The average Bonchev–Trinajstić information content (AvgIpc) is 2.99. The van der Waals surface area contributed by atoms with Gasteiger partial charge in [0.25, 0.3) is 0 Å². The van der Waals surface area contributed by atoms with Gasteiger partial charge in [0.15, 0.2) is 5.50 Å². The van der Waals surface area contributed by atoms with Crippen LogP contribution in [0.4, 0.5) is 13.2 Å². The third-order valence-corrected chi connectivity index (χ3v) is 6.79. The highest BCUT2D eigenvalue weighted by Gasteiger charge is 2.51. The molecule has 0 bridgehead atoms. The average molecular weight is 492 g/mol. The van der Waals surface area contributed by atoms with Gasteiger partial charge in [-0.3, -0.25) is 4.79 Å². The molecule has 3 rings (SSSR count). The molecule has 0 saturated carbocycles. The van der Waals surface area contributed by atoms with Crippen LogP contribution in [0.25, 0.3) is 0 Å². The third kappa shape index (κ3) is 4.31. The number of alkyl halides is 3. The normalized spacial score (nSPS) is 18.8. The Bertz CT molecular complexity index is 1380. The van der Waals surface area contributed by atoms with E-state index in [2.05, 4.69) is 0 Å². The maximum Gasteiger partial charge on any atom is 0.416 e. The first-order chi connectivity index (χ1) is 16.3. The van der Waals surface area contributed by atoms with Crippen LogP contribution in [-0.4, -0.2) is 77.0 Å². The molecule has 1 aliphatic rings. The first-order valence-electron chi connectivity index (χ1n) is 9.51. The lowest BCUT2D eigenvalue weighted by atomic mass is 9.53. The summed E-state index contributed by atoms with van der Waals surface area (Å²) in [5, 5.41) is 0. The van der Waals surface area contributed by atoms with Crippen molar-refractivity contribution in [3.8, 4) is 0 Å². The van der Waals surface area contributed by atoms with E-state index in [0.29, 0.717) is 12.1 Å². The lowest BCUT2D eigenvalue weighted by molar-refractivity contribution is -0.137. The fourth-order valence-electron chi connectivity index (χ4n) is 3.30. The van der Waals surface area contributed by atoms with Gasteiger partial charge in [-0.1, -0.05) is 17.7 Å². The van der Waals surface area contributed by atoms with Crippen LogP contribution in [-0.2, 0) is 40.1 Å². The third-order valence-electron chi connectivity index (χ3n) is 5.38. The van der Waals surface area contributed by atoms with E-state index in [9.17, 15) is 26.4 Å². The van der Waals surface area contributed by atoms with Crippen molar-refractivity contribution in [1.29, 1.82) is 0 Å². The van der Waals surface area contributed by atoms with Crippen molar-refractivity contribution in [2.24, 2.45) is 5.73 Å². The predicted molar refractivity (Wildman–Crippen MR) is 133 cm³/mol. The first kappa shape index (κ1) is 28.1. The van der Waals surface area contributed by atoms with Gasteiger partial charge < -0.3 is 14.7 Å². The lowest BCUT2D eigenvalue weighted by Crippen LogP contribution is -2.60. The van der Waals surface area contributed by atoms with Crippen LogP contribution in [0.15, 0.2) is 35.9 Å². The number of carbonyl (C=O) groups excluding carboxylic acids is 1. The number of Topliss-reactive ketones (excluding diaryl/α,β-unsaturated/α-hetero) is 1. The first-order valence-corrected chi connectivity index (χ1v) is 10.9. The SMILES string of the molecule is [B]c1c([B])c([B])c(C([B])([B])S(=O)(=O)OC2=C(N)O[C@]([B])(c3ccc(C(F)(F)F)cc3)C2=O)c([B])c1[B]. The van der Waals surface area contributed by atoms with Gasteiger partial charge in [-0.15, -0.1) is 27.3 Å². The number of rotatable bonds is 5. The molecule has 6 nitrogen and oxygen atoms in total. The summed E-state index contributed by atoms with van der Waals surface area (Å²) >= 11 is 0. The van der Waals surface area contributed by atoms with Crippen LogP contribution in [0.3, 0.4) is 0 Å². The second-order valence-electron chi connectivity index (χ2n) is 7.71. The molecule has 18 heteroatoms. The van der Waals surface area contributed by atoms with Crippen molar-refractivity contribution in [3.05, 3.63) is 52.6 Å². The van der Waals surface area contributed by atoms with Crippen LogP contribution in [0.5, 0.6) is 0 Å². The van der Waals surface area contributed by atoms with Crippen molar-refractivity contribution < 1.29 is 35.3 Å². The molecule has 2 aromatic carbocycles. The standard InChI is InChI=1S/C18H6B8F3NO5S/c19-8-7(9(20)11(22)12(23)10(8)21)17(25,26)36(32,33)35-13-14(31)16(24,34-15(13)30)5-1-3-6(4-2-5)18(27,28)29/h1-4H,30H2/t16-/m1/s1. The van der Waals surface area contributed by atoms with E-state index in [4.69, 9.17) is 77.4 Å². The highest BCUT2D eigenvalue weighted by molar-refractivity contribution is 7.90. The summed E-state index contributed by atoms with van der Waals surface area (Å²) < 4.78 is 71.4. The summed E-state index contributed by atoms with van der Waals surface area (Å²) in [7, 11) is 40.9. The van der Waals surface area contributed by atoms with Crippen LogP contribution in [0, 0.1) is 0 Å². The predicted octanol–water partition coefficient (Wildman–Crippen LogP) is -4.78. The maximum atomic E-state index is 13.1. The van der Waals surface area contributed by atoms with Crippen LogP contribution in [0.2, 0.25) is 0 Å². The van der Waals surface area contributed by atoms with E-state index in [1.165, 1.54) is 0 Å². The molecule has 0 unspecified atom stereocenters. The van der Waals surface area contributed by atoms with Gasteiger partial charge in [-0.05, 0) is 17.7 Å². The second-order valence-corrected chi connectivity index (χ2v) is 9.46. The number of carbonyl (C=O) groups is 1. The molecular weight excluding hydrogens is 486 g/mol. The van der Waals surface area contributed by atoms with E-state index >= 15 is 0 Å². The van der Waals surface area contributed by atoms with Gasteiger partial charge in [0.2, 0.25) is 17.4 Å². The molecule has 2 N–H and O–H groups in total. The van der Waals surface area contributed by atoms with Gasteiger partial charge in [0.05, 0.1) is 25.8 Å². The van der Waals surface area contributed by atoms with Crippen LogP contribution < -0.4 is 33.0 Å². The van der Waals surface area contributed by atoms with Crippen molar-refractivity contribution in [1.82, 2.24) is 0 Å². The van der Waals surface area contributed by atoms with Gasteiger partial charge in [0, 0.05) is 0 Å². The fraction of sp³-hybridized carbons (Fsp3) is 0.167. The zero-order valence-electron chi connectivity index (χ0n) is 18.1. The molecule has 1 heterocycles. The number of halogens is 3. The summed E-state index contributed by atoms with van der Waals surface area (Å²) in [5.74, 6) is -3.47. The van der Waals surface area contributed by atoms with Crippen molar-refractivity contribution >= 4 is 106 Å². The molecule has 0 fully saturated rings. The fourth-order valence-corrected chi connectivity index (χ4v) is 4.28. The van der Waals surface area contributed by atoms with Gasteiger partial charge in [-0.25, -0.2) is 0 Å². The van der Waals surface area contributed by atoms with Crippen molar-refractivity contribution in [2.45, 2.75) is 16.2 Å². The van der Waals surface area contributed by atoms with E-state index in [0.717, 1.165) is 12.1 Å². The quantitative estimate of drug-likeness (QED) is 0.333. The summed E-state index contributed by atoms with van der Waals surface area (Å²) in [6, 6.07) is 2.92. The van der Waals surface area contributed by atoms with Crippen LogP contribution in [0.1, 0.15) is 16.7 Å². The lowest BCUT2D eigenvalue weighted by Gasteiger charge is -2.33. The van der Waals surface area contributed by atoms with E-state index in [-0.39, 0.29) is 22.0 Å². The molecule has 1 atom stereocenters. The number of benzene rings is 2. The number of nitrogens with two attached hydrogens (primary N) is 1. The number of hydrogen-bond acceptors (Lipinski definition) is 6. The van der Waals surface area contributed by atoms with Crippen LogP contribution >= 0.6 is 0 Å². The Hall–Kier alpha value is -2.49. The molecule has 1 aliphatic heterocycles. The minimum Gasteiger partial charge on any atom is -0.467 e. The summed E-state index contributed by atoms with van der Waals surface area (Å²) in [5.41, 5.74) is -1.09. The number of ether oxygens (including phenoxy) is 1. The largest absolute Gasteiger partial charge is 0.467 e. The zero-order chi connectivity index (χ0) is 27.6. The van der Waals surface area contributed by atoms with Gasteiger partial charge >= 0.3 is 16.3 Å². The van der Waals surface area contributed by atoms with Crippen molar-refractivity contribution in [2.75, 3.05) is 0 Å². The Balaban J connectivity index is 2.00. The topological polar surface area (TPSA) is 95.7 Å². The van der Waals surface area contributed by atoms with Gasteiger partial charge in [-0.2, -0.15) is 21.6 Å².